The summed E-state index contributed by atoms with van der Waals surface area (Å²) in [4.78, 5) is 24.0. The summed E-state index contributed by atoms with van der Waals surface area (Å²) in [7, 11) is 0. The zero-order valence-electron chi connectivity index (χ0n) is 17.6. The highest BCUT2D eigenvalue weighted by Crippen LogP contribution is 2.16. The van der Waals surface area contributed by atoms with Crippen LogP contribution in [0.25, 0.3) is 0 Å². The first-order valence-electron chi connectivity index (χ1n) is 10.1. The summed E-state index contributed by atoms with van der Waals surface area (Å²) in [5.74, 6) is -0.864. The monoisotopic (exact) mass is 415 g/mol. The van der Waals surface area contributed by atoms with Gasteiger partial charge in [-0.05, 0) is 65.9 Å². The molecule has 6 heteroatoms. The molecule has 3 rings (SSSR count). The highest BCUT2D eigenvalue weighted by atomic mass is 16.5. The summed E-state index contributed by atoms with van der Waals surface area (Å²) in [6.45, 7) is 4.52. The number of aryl methyl sites for hydroxylation is 2. The maximum atomic E-state index is 12.1. The third kappa shape index (κ3) is 6.27. The van der Waals surface area contributed by atoms with E-state index < -0.39 is 11.8 Å². The number of carbonyl (C=O) groups excluding carboxylic acids is 2. The van der Waals surface area contributed by atoms with Gasteiger partial charge in [0.25, 0.3) is 0 Å². The Balaban J connectivity index is 1.49. The molecule has 3 aromatic rings. The van der Waals surface area contributed by atoms with Gasteiger partial charge in [-0.2, -0.15) is 5.10 Å². The van der Waals surface area contributed by atoms with Gasteiger partial charge in [-0.1, -0.05) is 49.4 Å². The van der Waals surface area contributed by atoms with Crippen LogP contribution in [0.1, 0.15) is 29.2 Å². The summed E-state index contributed by atoms with van der Waals surface area (Å²) in [5, 5.41) is 6.46. The standard InChI is InChI=1S/C25H25N3O3/c1-3-20-9-6-7-11-23(20)27-24(29)25(30)28-26-16-19-12-14-22(15-13-19)31-17-21-10-5-4-8-18(21)2/h4-16H,3,17H2,1-2H3,(H,27,29)(H,28,30)/b26-16+. The van der Waals surface area contributed by atoms with E-state index in [1.165, 1.54) is 11.8 Å². The molecule has 0 atom stereocenters. The second-order valence-corrected chi connectivity index (χ2v) is 6.95. The molecule has 6 nitrogen and oxygen atoms in total. The SMILES string of the molecule is CCc1ccccc1NC(=O)C(=O)N/N=C/c1ccc(OCc2ccccc2C)cc1. The van der Waals surface area contributed by atoms with Gasteiger partial charge in [-0.3, -0.25) is 9.59 Å². The lowest BCUT2D eigenvalue weighted by atomic mass is 10.1. The number of nitrogens with zero attached hydrogens (tertiary/aromatic N) is 1. The fourth-order valence-corrected chi connectivity index (χ4v) is 2.93. The third-order valence-corrected chi connectivity index (χ3v) is 4.77. The molecule has 0 spiro atoms. The Morgan fingerprint density at radius 1 is 0.903 bits per heavy atom. The van der Waals surface area contributed by atoms with Crippen LogP contribution in [0.3, 0.4) is 0 Å². The van der Waals surface area contributed by atoms with Gasteiger partial charge in [-0.15, -0.1) is 0 Å². The van der Waals surface area contributed by atoms with Crippen molar-refractivity contribution in [3.8, 4) is 5.75 Å². The molecule has 0 fully saturated rings. The molecule has 0 aliphatic carbocycles. The number of anilines is 1. The van der Waals surface area contributed by atoms with E-state index in [-0.39, 0.29) is 0 Å². The van der Waals surface area contributed by atoms with E-state index >= 15 is 0 Å². The quantitative estimate of drug-likeness (QED) is 0.344. The second-order valence-electron chi connectivity index (χ2n) is 6.95. The highest BCUT2D eigenvalue weighted by molar-refractivity contribution is 6.39. The van der Waals surface area contributed by atoms with Crippen LogP contribution < -0.4 is 15.5 Å². The summed E-state index contributed by atoms with van der Waals surface area (Å²) in [6.07, 6.45) is 2.22. The molecule has 3 aromatic carbocycles. The summed E-state index contributed by atoms with van der Waals surface area (Å²) < 4.78 is 5.81. The van der Waals surface area contributed by atoms with Crippen LogP contribution in [-0.4, -0.2) is 18.0 Å². The van der Waals surface area contributed by atoms with Crippen molar-refractivity contribution in [2.75, 3.05) is 5.32 Å². The Labute approximate surface area is 182 Å². The molecule has 0 aliphatic rings. The predicted octanol–water partition coefficient (Wildman–Crippen LogP) is 4.23. The molecule has 0 saturated carbocycles. The highest BCUT2D eigenvalue weighted by Gasteiger charge is 2.14. The number of amides is 2. The van der Waals surface area contributed by atoms with Gasteiger partial charge in [0.15, 0.2) is 0 Å². The fourth-order valence-electron chi connectivity index (χ4n) is 2.93. The number of para-hydroxylation sites is 1. The van der Waals surface area contributed by atoms with Crippen molar-refractivity contribution < 1.29 is 14.3 Å². The number of hydrazone groups is 1. The van der Waals surface area contributed by atoms with Crippen molar-refractivity contribution in [1.82, 2.24) is 5.43 Å². The van der Waals surface area contributed by atoms with Crippen molar-refractivity contribution in [1.29, 1.82) is 0 Å². The van der Waals surface area contributed by atoms with Crippen LogP contribution in [0.2, 0.25) is 0 Å². The van der Waals surface area contributed by atoms with E-state index in [1.807, 2.05) is 61.5 Å². The normalized spacial score (nSPS) is 10.6. The molecule has 2 N–H and O–H groups in total. The maximum absolute atomic E-state index is 12.1. The number of nitrogens with one attached hydrogen (secondary N) is 2. The van der Waals surface area contributed by atoms with Gasteiger partial charge < -0.3 is 10.1 Å². The molecule has 2 amide bonds. The van der Waals surface area contributed by atoms with Crippen molar-refractivity contribution in [3.05, 3.63) is 95.1 Å². The van der Waals surface area contributed by atoms with Gasteiger partial charge in [-0.25, -0.2) is 5.43 Å². The van der Waals surface area contributed by atoms with E-state index in [1.54, 1.807) is 12.1 Å². The first kappa shape index (κ1) is 21.8. The smallest absolute Gasteiger partial charge is 0.329 e. The molecule has 0 aliphatic heterocycles. The largest absolute Gasteiger partial charge is 0.489 e. The summed E-state index contributed by atoms with van der Waals surface area (Å²) in [6, 6.07) is 22.7. The third-order valence-electron chi connectivity index (χ3n) is 4.77. The molecular formula is C25H25N3O3. The van der Waals surface area contributed by atoms with Crippen molar-refractivity contribution in [3.63, 3.8) is 0 Å². The first-order chi connectivity index (χ1) is 15.1. The maximum Gasteiger partial charge on any atom is 0.329 e. The predicted molar refractivity (Wildman–Crippen MR) is 122 cm³/mol. The molecule has 0 bridgehead atoms. The Bertz CT molecular complexity index is 1080. The van der Waals surface area contributed by atoms with E-state index in [2.05, 4.69) is 28.8 Å². The number of benzene rings is 3. The fraction of sp³-hybridized carbons (Fsp3) is 0.160. The van der Waals surface area contributed by atoms with Gasteiger partial charge in [0.1, 0.15) is 12.4 Å². The number of hydrogen-bond donors (Lipinski definition) is 2. The van der Waals surface area contributed by atoms with E-state index in [0.29, 0.717) is 12.3 Å². The average molecular weight is 415 g/mol. The van der Waals surface area contributed by atoms with Crippen LogP contribution in [0.15, 0.2) is 77.9 Å². The van der Waals surface area contributed by atoms with Crippen LogP contribution in [-0.2, 0) is 22.6 Å². The molecule has 0 heterocycles. The molecular weight excluding hydrogens is 390 g/mol. The van der Waals surface area contributed by atoms with Crippen LogP contribution in [0, 0.1) is 6.92 Å². The molecule has 0 aromatic heterocycles. The number of hydrogen-bond acceptors (Lipinski definition) is 4. The Morgan fingerprint density at radius 3 is 2.29 bits per heavy atom. The first-order valence-corrected chi connectivity index (χ1v) is 10.1. The molecule has 31 heavy (non-hydrogen) atoms. The van der Waals surface area contributed by atoms with Crippen LogP contribution in [0.4, 0.5) is 5.69 Å². The van der Waals surface area contributed by atoms with Gasteiger partial charge >= 0.3 is 11.8 Å². The summed E-state index contributed by atoms with van der Waals surface area (Å²) >= 11 is 0. The average Bonchev–Trinajstić information content (AvgIpc) is 2.79. The summed E-state index contributed by atoms with van der Waals surface area (Å²) in [5.41, 5.74) is 6.90. The van der Waals surface area contributed by atoms with Gasteiger partial charge in [0.2, 0.25) is 0 Å². The Kier molecular flexibility index (Phi) is 7.54. The second kappa shape index (κ2) is 10.7. The lowest BCUT2D eigenvalue weighted by molar-refractivity contribution is -0.136. The molecule has 0 saturated heterocycles. The van der Waals surface area contributed by atoms with E-state index in [4.69, 9.17) is 4.74 Å². The topological polar surface area (TPSA) is 79.8 Å². The van der Waals surface area contributed by atoms with Crippen molar-refractivity contribution in [2.45, 2.75) is 26.9 Å². The van der Waals surface area contributed by atoms with Crippen LogP contribution >= 0.6 is 0 Å². The minimum atomic E-state index is -0.833. The van der Waals surface area contributed by atoms with Crippen molar-refractivity contribution >= 4 is 23.7 Å². The lowest BCUT2D eigenvalue weighted by Crippen LogP contribution is -2.32. The van der Waals surface area contributed by atoms with E-state index in [9.17, 15) is 9.59 Å². The minimum absolute atomic E-state index is 0.492. The van der Waals surface area contributed by atoms with Gasteiger partial charge in [0.05, 0.1) is 6.21 Å². The Morgan fingerprint density at radius 2 is 1.58 bits per heavy atom. The zero-order chi connectivity index (χ0) is 22.1. The van der Waals surface area contributed by atoms with Crippen LogP contribution in [0.5, 0.6) is 5.75 Å². The van der Waals surface area contributed by atoms with Crippen molar-refractivity contribution in [2.24, 2.45) is 5.10 Å². The lowest BCUT2D eigenvalue weighted by Gasteiger charge is -2.09. The minimum Gasteiger partial charge on any atom is -0.489 e. The zero-order valence-corrected chi connectivity index (χ0v) is 17.6. The number of ether oxygens (including phenoxy) is 1. The molecule has 0 unspecified atom stereocenters. The molecule has 0 radical (unpaired) electrons. The number of carbonyl (C=O) groups is 2. The van der Waals surface area contributed by atoms with Gasteiger partial charge in [0, 0.05) is 5.69 Å². The number of rotatable bonds is 7. The molecule has 158 valence electrons. The van der Waals surface area contributed by atoms with E-state index in [0.717, 1.165) is 28.9 Å². The Hall–Kier alpha value is -3.93.